The molecule has 0 amide bonds. The van der Waals surface area contributed by atoms with Crippen molar-refractivity contribution in [1.82, 2.24) is 20.2 Å². The molecule has 0 bridgehead atoms. The van der Waals surface area contributed by atoms with Gasteiger partial charge in [0.25, 0.3) is 0 Å². The maximum Gasteiger partial charge on any atom is 0.0897 e. The molecule has 2 rings (SSSR count). The second-order valence-electron chi connectivity index (χ2n) is 5.72. The molecular weight excluding hydrogens is 280 g/mol. The van der Waals surface area contributed by atoms with Crippen molar-refractivity contribution >= 4 is 11.3 Å². The van der Waals surface area contributed by atoms with E-state index in [0.29, 0.717) is 6.04 Å². The number of nitrogens with one attached hydrogen (secondary N) is 1. The molecule has 1 N–H and O–H groups in total. The second kappa shape index (κ2) is 7.64. The molecular formula is C16H24N4S. The van der Waals surface area contributed by atoms with Gasteiger partial charge in [0, 0.05) is 37.3 Å². The average molecular weight is 304 g/mol. The highest BCUT2D eigenvalue weighted by Crippen LogP contribution is 2.11. The minimum Gasteiger partial charge on any atom is -0.310 e. The zero-order valence-corrected chi connectivity index (χ0v) is 14.1. The van der Waals surface area contributed by atoms with Gasteiger partial charge in [0.1, 0.15) is 0 Å². The molecule has 0 aliphatic carbocycles. The molecule has 0 fully saturated rings. The van der Waals surface area contributed by atoms with Gasteiger partial charge in [-0.25, -0.2) is 4.98 Å². The third kappa shape index (κ3) is 5.53. The zero-order valence-electron chi connectivity index (χ0n) is 13.3. The summed E-state index contributed by atoms with van der Waals surface area (Å²) in [6.45, 7) is 8.92. The highest BCUT2D eigenvalue weighted by Gasteiger charge is 2.05. The molecule has 114 valence electrons. The maximum atomic E-state index is 4.54. The summed E-state index contributed by atoms with van der Waals surface area (Å²) < 4.78 is 0. The first kappa shape index (κ1) is 16.1. The van der Waals surface area contributed by atoms with E-state index in [4.69, 9.17) is 0 Å². The Morgan fingerprint density at radius 1 is 1.24 bits per heavy atom. The summed E-state index contributed by atoms with van der Waals surface area (Å²) in [6.07, 6.45) is 1.96. The Balaban J connectivity index is 1.84. The van der Waals surface area contributed by atoms with Crippen LogP contribution in [0, 0.1) is 6.92 Å². The highest BCUT2D eigenvalue weighted by atomic mass is 32.1. The van der Waals surface area contributed by atoms with E-state index in [1.807, 2.05) is 13.1 Å². The van der Waals surface area contributed by atoms with E-state index in [1.54, 1.807) is 11.3 Å². The van der Waals surface area contributed by atoms with Crippen molar-refractivity contribution < 1.29 is 0 Å². The lowest BCUT2D eigenvalue weighted by molar-refractivity contribution is 0.311. The average Bonchev–Trinajstić information content (AvgIpc) is 2.83. The van der Waals surface area contributed by atoms with Crippen LogP contribution in [0.25, 0.3) is 0 Å². The van der Waals surface area contributed by atoms with Crippen LogP contribution in [0.15, 0.2) is 23.7 Å². The van der Waals surface area contributed by atoms with Gasteiger partial charge in [0.05, 0.1) is 16.4 Å². The van der Waals surface area contributed by atoms with Crippen LogP contribution in [-0.2, 0) is 19.6 Å². The van der Waals surface area contributed by atoms with Crippen molar-refractivity contribution in [2.45, 2.75) is 46.4 Å². The third-order valence-electron chi connectivity index (χ3n) is 3.13. The summed E-state index contributed by atoms with van der Waals surface area (Å²) in [5, 5.41) is 6.65. The van der Waals surface area contributed by atoms with Crippen molar-refractivity contribution in [2.24, 2.45) is 0 Å². The molecule has 0 saturated heterocycles. The molecule has 0 atom stereocenters. The molecule has 0 spiro atoms. The summed E-state index contributed by atoms with van der Waals surface area (Å²) in [5.41, 5.74) is 3.46. The lowest BCUT2D eigenvalue weighted by Crippen LogP contribution is -2.22. The Bertz CT molecular complexity index is 548. The van der Waals surface area contributed by atoms with E-state index < -0.39 is 0 Å². The number of thiazole rings is 1. The van der Waals surface area contributed by atoms with Crippen LogP contribution >= 0.6 is 11.3 Å². The van der Waals surface area contributed by atoms with E-state index in [1.165, 1.54) is 5.56 Å². The number of hydrogen-bond acceptors (Lipinski definition) is 5. The van der Waals surface area contributed by atoms with Gasteiger partial charge in [0.2, 0.25) is 0 Å². The molecule has 0 aliphatic rings. The minimum absolute atomic E-state index is 0.498. The highest BCUT2D eigenvalue weighted by molar-refractivity contribution is 7.09. The first-order valence-corrected chi connectivity index (χ1v) is 8.17. The van der Waals surface area contributed by atoms with E-state index in [-0.39, 0.29) is 0 Å². The molecule has 2 aromatic heterocycles. The topological polar surface area (TPSA) is 41.1 Å². The van der Waals surface area contributed by atoms with Gasteiger partial charge in [0.15, 0.2) is 0 Å². The van der Waals surface area contributed by atoms with Crippen LogP contribution in [0.3, 0.4) is 0 Å². The molecule has 21 heavy (non-hydrogen) atoms. The smallest absolute Gasteiger partial charge is 0.0897 e. The predicted molar refractivity (Wildman–Crippen MR) is 88.2 cm³/mol. The van der Waals surface area contributed by atoms with E-state index in [0.717, 1.165) is 36.0 Å². The number of hydrogen-bond donors (Lipinski definition) is 1. The van der Waals surface area contributed by atoms with Gasteiger partial charge in [-0.1, -0.05) is 19.9 Å². The van der Waals surface area contributed by atoms with Gasteiger partial charge in [-0.05, 0) is 25.6 Å². The van der Waals surface area contributed by atoms with Gasteiger partial charge in [-0.2, -0.15) is 0 Å². The van der Waals surface area contributed by atoms with Crippen LogP contribution in [-0.4, -0.2) is 28.0 Å². The summed E-state index contributed by atoms with van der Waals surface area (Å²) in [7, 11) is 2.10. The molecule has 0 unspecified atom stereocenters. The fraction of sp³-hybridized carbons (Fsp3) is 0.500. The Hall–Kier alpha value is -1.30. The SMILES string of the molecule is Cc1nc(CN(C)Cc2ccc(CNC(C)C)cn2)cs1. The van der Waals surface area contributed by atoms with Crippen LogP contribution in [0.5, 0.6) is 0 Å². The third-order valence-corrected chi connectivity index (χ3v) is 3.95. The van der Waals surface area contributed by atoms with Crippen molar-refractivity contribution in [1.29, 1.82) is 0 Å². The Labute approximate surface area is 131 Å². The van der Waals surface area contributed by atoms with E-state index in [2.05, 4.69) is 58.6 Å². The minimum atomic E-state index is 0.498. The van der Waals surface area contributed by atoms with Crippen molar-refractivity contribution in [3.63, 3.8) is 0 Å². The molecule has 0 saturated carbocycles. The van der Waals surface area contributed by atoms with Gasteiger partial charge < -0.3 is 5.32 Å². The Morgan fingerprint density at radius 2 is 2.00 bits per heavy atom. The van der Waals surface area contributed by atoms with Crippen LogP contribution in [0.1, 0.15) is 35.8 Å². The lowest BCUT2D eigenvalue weighted by Gasteiger charge is -2.15. The van der Waals surface area contributed by atoms with Gasteiger partial charge in [-0.15, -0.1) is 11.3 Å². The molecule has 0 aliphatic heterocycles. The van der Waals surface area contributed by atoms with Crippen LogP contribution in [0.2, 0.25) is 0 Å². The van der Waals surface area contributed by atoms with Crippen molar-refractivity contribution in [2.75, 3.05) is 7.05 Å². The van der Waals surface area contributed by atoms with E-state index in [9.17, 15) is 0 Å². The molecule has 2 aromatic rings. The van der Waals surface area contributed by atoms with Crippen LogP contribution in [0.4, 0.5) is 0 Å². The molecule has 0 aromatic carbocycles. The maximum absolute atomic E-state index is 4.54. The molecule has 4 nitrogen and oxygen atoms in total. The predicted octanol–water partition coefficient (Wildman–Crippen LogP) is 2.98. The van der Waals surface area contributed by atoms with E-state index >= 15 is 0 Å². The summed E-state index contributed by atoms with van der Waals surface area (Å²) in [5.74, 6) is 0. The number of pyridine rings is 1. The van der Waals surface area contributed by atoms with Gasteiger partial charge >= 0.3 is 0 Å². The first-order valence-electron chi connectivity index (χ1n) is 7.29. The number of aromatic nitrogens is 2. The largest absolute Gasteiger partial charge is 0.310 e. The molecule has 2 heterocycles. The Kier molecular flexibility index (Phi) is 5.85. The van der Waals surface area contributed by atoms with Crippen molar-refractivity contribution in [3.05, 3.63) is 45.7 Å². The fourth-order valence-corrected chi connectivity index (χ4v) is 2.67. The fourth-order valence-electron chi connectivity index (χ4n) is 2.07. The summed E-state index contributed by atoms with van der Waals surface area (Å²) >= 11 is 1.70. The zero-order chi connectivity index (χ0) is 15.2. The molecule has 0 radical (unpaired) electrons. The Morgan fingerprint density at radius 3 is 2.57 bits per heavy atom. The van der Waals surface area contributed by atoms with Crippen LogP contribution < -0.4 is 5.32 Å². The first-order chi connectivity index (χ1) is 10.0. The lowest BCUT2D eigenvalue weighted by atomic mass is 10.2. The molecule has 5 heteroatoms. The number of nitrogens with zero attached hydrogens (tertiary/aromatic N) is 3. The quantitative estimate of drug-likeness (QED) is 0.854. The second-order valence-corrected chi connectivity index (χ2v) is 6.79. The van der Waals surface area contributed by atoms with Crippen molar-refractivity contribution in [3.8, 4) is 0 Å². The summed E-state index contributed by atoms with van der Waals surface area (Å²) in [6, 6.07) is 4.76. The summed E-state index contributed by atoms with van der Waals surface area (Å²) in [4.78, 5) is 11.3. The normalized spacial score (nSPS) is 11.5. The van der Waals surface area contributed by atoms with Gasteiger partial charge in [-0.3, -0.25) is 9.88 Å². The number of aryl methyl sites for hydroxylation is 1. The standard InChI is InChI=1S/C16H24N4S/c1-12(2)17-7-14-5-6-15(18-8-14)9-20(4)10-16-11-21-13(3)19-16/h5-6,8,11-12,17H,7,9-10H2,1-4H3. The number of rotatable bonds is 7. The monoisotopic (exact) mass is 304 g/mol.